The molecule has 2 aromatic heterocycles. The van der Waals surface area contributed by atoms with E-state index in [9.17, 15) is 4.79 Å². The van der Waals surface area contributed by atoms with Crippen LogP contribution in [0.2, 0.25) is 5.02 Å². The van der Waals surface area contributed by atoms with Gasteiger partial charge >= 0.3 is 0 Å². The van der Waals surface area contributed by atoms with Crippen molar-refractivity contribution >= 4 is 29.4 Å². The van der Waals surface area contributed by atoms with E-state index in [1.165, 1.54) is 6.20 Å². The van der Waals surface area contributed by atoms with Gasteiger partial charge in [0.25, 0.3) is 5.91 Å². The van der Waals surface area contributed by atoms with Gasteiger partial charge in [-0.3, -0.25) is 15.2 Å². The summed E-state index contributed by atoms with van der Waals surface area (Å²) in [5.74, 6) is 1.17. The summed E-state index contributed by atoms with van der Waals surface area (Å²) in [6.07, 6.45) is 3.65. The maximum atomic E-state index is 12.4. The summed E-state index contributed by atoms with van der Waals surface area (Å²) in [6.45, 7) is 5.74. The third-order valence-corrected chi connectivity index (χ3v) is 3.89. The van der Waals surface area contributed by atoms with Crippen molar-refractivity contribution in [2.45, 2.75) is 32.6 Å². The largest absolute Gasteiger partial charge is 0.341 e. The molecule has 1 fully saturated rings. The van der Waals surface area contributed by atoms with Crippen molar-refractivity contribution in [1.82, 2.24) is 25.1 Å². The molecule has 0 saturated carbocycles. The average molecular weight is 336 g/mol. The number of nitrogens with one attached hydrogen (secondary N) is 2. The summed E-state index contributed by atoms with van der Waals surface area (Å²) in [5.41, 5.74) is 0.125. The van der Waals surface area contributed by atoms with Crippen LogP contribution in [-0.4, -0.2) is 44.1 Å². The molecule has 0 spiro atoms. The highest BCUT2D eigenvalue weighted by molar-refractivity contribution is 6.33. The first-order valence-electron chi connectivity index (χ1n) is 7.55. The maximum absolute atomic E-state index is 12.4. The Bertz CT molecular complexity index is 709. The number of aromatic nitrogens is 5. The summed E-state index contributed by atoms with van der Waals surface area (Å²) in [5, 5.41) is 9.56. The lowest BCUT2D eigenvalue weighted by molar-refractivity contribution is 0.102. The van der Waals surface area contributed by atoms with Crippen LogP contribution in [-0.2, 0) is 0 Å². The van der Waals surface area contributed by atoms with E-state index in [0.29, 0.717) is 11.8 Å². The molecule has 0 aromatic carbocycles. The van der Waals surface area contributed by atoms with Crippen molar-refractivity contribution in [2.75, 3.05) is 23.3 Å². The average Bonchev–Trinajstić information content (AvgIpc) is 3.18. The molecule has 0 radical (unpaired) electrons. The van der Waals surface area contributed by atoms with Crippen LogP contribution < -0.4 is 10.2 Å². The minimum absolute atomic E-state index is 0.125. The van der Waals surface area contributed by atoms with E-state index >= 15 is 0 Å². The first-order chi connectivity index (χ1) is 11.0. The number of nitrogens with zero attached hydrogens (tertiary/aromatic N) is 5. The number of hydrogen-bond acceptors (Lipinski definition) is 6. The quantitative estimate of drug-likeness (QED) is 0.888. The minimum Gasteiger partial charge on any atom is -0.341 e. The van der Waals surface area contributed by atoms with E-state index in [-0.39, 0.29) is 22.6 Å². The van der Waals surface area contributed by atoms with Crippen molar-refractivity contribution < 1.29 is 4.79 Å². The number of H-pyrrole nitrogens is 1. The first-order valence-corrected chi connectivity index (χ1v) is 7.93. The van der Waals surface area contributed by atoms with Crippen LogP contribution in [0, 0.1) is 0 Å². The molecular weight excluding hydrogens is 318 g/mol. The summed E-state index contributed by atoms with van der Waals surface area (Å²) >= 11 is 6.07. The summed E-state index contributed by atoms with van der Waals surface area (Å²) in [4.78, 5) is 27.1. The molecule has 0 bridgehead atoms. The minimum atomic E-state index is -0.452. The zero-order valence-corrected chi connectivity index (χ0v) is 13.8. The van der Waals surface area contributed by atoms with Gasteiger partial charge in [-0.15, -0.1) is 5.10 Å². The van der Waals surface area contributed by atoms with Crippen molar-refractivity contribution in [3.63, 3.8) is 0 Å². The Labute approximate surface area is 138 Å². The fraction of sp³-hybridized carbons (Fsp3) is 0.500. The predicted octanol–water partition coefficient (Wildman–Crippen LogP) is 2.22. The molecule has 1 amide bonds. The molecule has 0 unspecified atom stereocenters. The molecule has 3 heterocycles. The Morgan fingerprint density at radius 1 is 1.35 bits per heavy atom. The van der Waals surface area contributed by atoms with Crippen molar-refractivity contribution in [2.24, 2.45) is 0 Å². The Morgan fingerprint density at radius 2 is 2.09 bits per heavy atom. The van der Waals surface area contributed by atoms with Gasteiger partial charge in [0.2, 0.25) is 11.9 Å². The lowest BCUT2D eigenvalue weighted by Gasteiger charge is -2.15. The number of aromatic amines is 1. The molecule has 1 aliphatic heterocycles. The Morgan fingerprint density at radius 3 is 2.74 bits per heavy atom. The van der Waals surface area contributed by atoms with E-state index in [4.69, 9.17) is 11.6 Å². The van der Waals surface area contributed by atoms with E-state index in [0.717, 1.165) is 25.9 Å². The topological polar surface area (TPSA) is 99.7 Å². The summed E-state index contributed by atoms with van der Waals surface area (Å²) < 4.78 is 0. The molecule has 122 valence electrons. The highest BCUT2D eigenvalue weighted by Gasteiger charge is 2.20. The number of halogens is 1. The zero-order valence-electron chi connectivity index (χ0n) is 13.0. The van der Waals surface area contributed by atoms with Crippen molar-refractivity contribution in [3.8, 4) is 0 Å². The Hall–Kier alpha value is -2.22. The monoisotopic (exact) mass is 335 g/mol. The van der Waals surface area contributed by atoms with Gasteiger partial charge < -0.3 is 4.90 Å². The summed E-state index contributed by atoms with van der Waals surface area (Å²) in [6, 6.07) is 0. The van der Waals surface area contributed by atoms with Crippen LogP contribution in [0.4, 0.5) is 11.9 Å². The molecular formula is C14H18ClN7O. The Kier molecular flexibility index (Phi) is 4.42. The molecule has 3 rings (SSSR count). The number of amides is 1. The van der Waals surface area contributed by atoms with E-state index in [2.05, 4.69) is 30.5 Å². The lowest BCUT2D eigenvalue weighted by atomic mass is 10.2. The highest BCUT2D eigenvalue weighted by Crippen LogP contribution is 2.20. The maximum Gasteiger partial charge on any atom is 0.278 e. The normalized spacial score (nSPS) is 14.5. The predicted molar refractivity (Wildman–Crippen MR) is 86.9 cm³/mol. The van der Waals surface area contributed by atoms with Crippen LogP contribution in [0.25, 0.3) is 0 Å². The van der Waals surface area contributed by atoms with E-state index in [1.54, 1.807) is 0 Å². The molecule has 2 aromatic rings. The lowest BCUT2D eigenvalue weighted by Crippen LogP contribution is -2.23. The van der Waals surface area contributed by atoms with Crippen LogP contribution in [0.1, 0.15) is 48.9 Å². The standard InChI is InChI=1S/C14H18ClN7O/c1-8(2)11-18-13(21-20-11)19-12(23)10-9(15)7-16-14(17-10)22-5-3-4-6-22/h7-8H,3-6H2,1-2H3,(H2,18,19,20,21,23). The third-order valence-electron chi connectivity index (χ3n) is 3.61. The van der Waals surface area contributed by atoms with Crippen LogP contribution in [0.3, 0.4) is 0 Å². The number of anilines is 2. The molecule has 1 aliphatic rings. The van der Waals surface area contributed by atoms with Gasteiger partial charge in [0.1, 0.15) is 5.82 Å². The van der Waals surface area contributed by atoms with Crippen molar-refractivity contribution in [1.29, 1.82) is 0 Å². The van der Waals surface area contributed by atoms with Gasteiger partial charge in [0.05, 0.1) is 11.2 Å². The first kappa shape index (κ1) is 15.7. The second kappa shape index (κ2) is 6.49. The number of carbonyl (C=O) groups excluding carboxylic acids is 1. The fourth-order valence-electron chi connectivity index (χ4n) is 2.34. The molecule has 8 nitrogen and oxygen atoms in total. The molecule has 0 aliphatic carbocycles. The molecule has 23 heavy (non-hydrogen) atoms. The van der Waals surface area contributed by atoms with Crippen LogP contribution in [0.5, 0.6) is 0 Å². The molecule has 1 saturated heterocycles. The zero-order chi connectivity index (χ0) is 16.4. The second-order valence-corrected chi connectivity index (χ2v) is 6.12. The number of hydrogen-bond donors (Lipinski definition) is 2. The van der Waals surface area contributed by atoms with E-state index < -0.39 is 5.91 Å². The molecule has 0 atom stereocenters. The van der Waals surface area contributed by atoms with Gasteiger partial charge in [-0.2, -0.15) is 4.98 Å². The van der Waals surface area contributed by atoms with Gasteiger partial charge in [-0.05, 0) is 12.8 Å². The van der Waals surface area contributed by atoms with Gasteiger partial charge in [-0.25, -0.2) is 9.97 Å². The molecule has 2 N–H and O–H groups in total. The summed E-state index contributed by atoms with van der Waals surface area (Å²) in [7, 11) is 0. The van der Waals surface area contributed by atoms with Gasteiger partial charge in [0, 0.05) is 19.0 Å². The highest BCUT2D eigenvalue weighted by atomic mass is 35.5. The van der Waals surface area contributed by atoms with Gasteiger partial charge in [-0.1, -0.05) is 25.4 Å². The molecule has 9 heteroatoms. The van der Waals surface area contributed by atoms with Gasteiger partial charge in [0.15, 0.2) is 5.69 Å². The van der Waals surface area contributed by atoms with Crippen LogP contribution >= 0.6 is 11.6 Å². The SMILES string of the molecule is CC(C)c1nc(NC(=O)c2nc(N3CCCC3)ncc2Cl)n[nH]1. The fourth-order valence-corrected chi connectivity index (χ4v) is 2.51. The van der Waals surface area contributed by atoms with Crippen LogP contribution in [0.15, 0.2) is 6.20 Å². The Balaban J connectivity index is 1.79. The number of rotatable bonds is 4. The number of carbonyl (C=O) groups is 1. The third kappa shape index (κ3) is 3.42. The second-order valence-electron chi connectivity index (χ2n) is 5.71. The van der Waals surface area contributed by atoms with E-state index in [1.807, 2.05) is 18.7 Å². The van der Waals surface area contributed by atoms with Crippen molar-refractivity contribution in [3.05, 3.63) is 22.7 Å². The smallest absolute Gasteiger partial charge is 0.278 e.